The Kier molecular flexibility index (Phi) is 5.74. The van der Waals surface area contributed by atoms with Crippen LogP contribution in [0.3, 0.4) is 0 Å². The number of aryl methyl sites for hydroxylation is 2. The van der Waals surface area contributed by atoms with E-state index in [4.69, 9.17) is 0 Å². The Morgan fingerprint density at radius 1 is 1.23 bits per heavy atom. The van der Waals surface area contributed by atoms with Crippen molar-refractivity contribution in [2.45, 2.75) is 18.9 Å². The number of aromatic nitrogens is 4. The molecule has 0 saturated heterocycles. The first-order valence-electron chi connectivity index (χ1n) is 9.81. The molecule has 0 aliphatic heterocycles. The molecule has 1 atom stereocenters. The highest BCUT2D eigenvalue weighted by Gasteiger charge is 2.21. The number of aromatic amines is 1. The smallest absolute Gasteiger partial charge is 0.315 e. The second kappa shape index (κ2) is 8.77. The lowest BCUT2D eigenvalue weighted by Gasteiger charge is -2.19. The third-order valence-electron chi connectivity index (χ3n) is 4.89. The van der Waals surface area contributed by atoms with Crippen LogP contribution in [0.5, 0.6) is 0 Å². The van der Waals surface area contributed by atoms with E-state index in [1.54, 1.807) is 29.1 Å². The topological polar surface area (TPSA) is 87.6 Å². The Morgan fingerprint density at radius 2 is 2.10 bits per heavy atom. The van der Waals surface area contributed by atoms with Gasteiger partial charge < -0.3 is 20.2 Å². The normalized spacial score (nSPS) is 12.1. The molecule has 0 bridgehead atoms. The highest BCUT2D eigenvalue weighted by atomic mass is 19.1. The molecule has 2 aromatic heterocycles. The van der Waals surface area contributed by atoms with E-state index in [1.807, 2.05) is 31.3 Å². The van der Waals surface area contributed by atoms with Gasteiger partial charge in [0, 0.05) is 32.4 Å². The van der Waals surface area contributed by atoms with Gasteiger partial charge in [-0.2, -0.15) is 0 Å². The van der Waals surface area contributed by atoms with Crippen molar-refractivity contribution < 1.29 is 9.18 Å². The SMILES string of the molecule is Cn1ccnc1[C@H](NC(=O)NCCCc1nc2ccccc2[nH]1)c1cccc(F)c1. The van der Waals surface area contributed by atoms with Gasteiger partial charge in [-0.15, -0.1) is 0 Å². The molecule has 0 spiro atoms. The number of benzene rings is 2. The Balaban J connectivity index is 1.35. The molecule has 4 aromatic rings. The van der Waals surface area contributed by atoms with Crippen molar-refractivity contribution in [1.82, 2.24) is 30.2 Å². The van der Waals surface area contributed by atoms with Gasteiger partial charge in [0.05, 0.1) is 11.0 Å². The average molecular weight is 406 g/mol. The van der Waals surface area contributed by atoms with E-state index < -0.39 is 6.04 Å². The number of hydrogen-bond donors (Lipinski definition) is 3. The molecular weight excluding hydrogens is 383 g/mol. The van der Waals surface area contributed by atoms with Gasteiger partial charge in [0.15, 0.2) is 0 Å². The van der Waals surface area contributed by atoms with Crippen LogP contribution in [0.1, 0.15) is 29.7 Å². The minimum atomic E-state index is -0.559. The van der Waals surface area contributed by atoms with E-state index in [0.29, 0.717) is 17.9 Å². The number of halogens is 1. The molecule has 0 aliphatic rings. The van der Waals surface area contributed by atoms with Gasteiger partial charge in [0.1, 0.15) is 23.5 Å². The number of H-pyrrole nitrogens is 1. The van der Waals surface area contributed by atoms with Crippen LogP contribution in [0, 0.1) is 5.82 Å². The van der Waals surface area contributed by atoms with Gasteiger partial charge >= 0.3 is 6.03 Å². The number of nitrogens with one attached hydrogen (secondary N) is 3. The summed E-state index contributed by atoms with van der Waals surface area (Å²) in [5, 5.41) is 5.76. The summed E-state index contributed by atoms with van der Waals surface area (Å²) in [5.41, 5.74) is 2.57. The maximum Gasteiger partial charge on any atom is 0.315 e. The molecule has 2 aromatic carbocycles. The van der Waals surface area contributed by atoms with E-state index >= 15 is 0 Å². The number of hydrogen-bond acceptors (Lipinski definition) is 3. The minimum Gasteiger partial charge on any atom is -0.342 e. The first-order valence-corrected chi connectivity index (χ1v) is 9.81. The number of urea groups is 1. The molecular formula is C22H23FN6O. The maximum absolute atomic E-state index is 13.7. The van der Waals surface area contributed by atoms with Crippen molar-refractivity contribution in [1.29, 1.82) is 0 Å². The fourth-order valence-electron chi connectivity index (χ4n) is 3.40. The molecule has 0 unspecified atom stereocenters. The molecule has 2 amide bonds. The van der Waals surface area contributed by atoms with E-state index in [-0.39, 0.29) is 11.8 Å². The molecule has 0 saturated carbocycles. The number of amides is 2. The number of imidazole rings is 2. The summed E-state index contributed by atoms with van der Waals surface area (Å²) in [5.74, 6) is 1.15. The standard InChI is InChI=1S/C22H23FN6O/c1-29-13-12-24-21(29)20(15-6-4-7-16(23)14-15)28-22(30)25-11-5-10-19-26-17-8-2-3-9-18(17)27-19/h2-4,6-9,12-14,20H,5,10-11H2,1H3,(H,26,27)(H2,25,28,30)/t20-/m1/s1. The van der Waals surface area contributed by atoms with E-state index in [9.17, 15) is 9.18 Å². The predicted octanol–water partition coefficient (Wildman–Crippen LogP) is 3.46. The number of carbonyl (C=O) groups excluding carboxylic acids is 1. The van der Waals surface area contributed by atoms with Crippen molar-refractivity contribution in [3.8, 4) is 0 Å². The molecule has 4 rings (SSSR count). The second-order valence-corrected chi connectivity index (χ2v) is 7.09. The average Bonchev–Trinajstić information content (AvgIpc) is 3.35. The first-order chi connectivity index (χ1) is 14.6. The van der Waals surface area contributed by atoms with Crippen LogP contribution < -0.4 is 10.6 Å². The van der Waals surface area contributed by atoms with Crippen LogP contribution >= 0.6 is 0 Å². The highest BCUT2D eigenvalue weighted by Crippen LogP contribution is 2.21. The molecule has 2 heterocycles. The zero-order valence-electron chi connectivity index (χ0n) is 16.6. The fraction of sp³-hybridized carbons (Fsp3) is 0.227. The highest BCUT2D eigenvalue weighted by molar-refractivity contribution is 5.75. The van der Waals surface area contributed by atoms with E-state index in [1.165, 1.54) is 12.1 Å². The van der Waals surface area contributed by atoms with Crippen LogP contribution in [-0.2, 0) is 13.5 Å². The zero-order valence-corrected chi connectivity index (χ0v) is 16.6. The molecule has 154 valence electrons. The van der Waals surface area contributed by atoms with Gasteiger partial charge in [0.25, 0.3) is 0 Å². The van der Waals surface area contributed by atoms with Gasteiger partial charge in [-0.3, -0.25) is 0 Å². The first kappa shape index (κ1) is 19.6. The zero-order chi connectivity index (χ0) is 20.9. The third-order valence-corrected chi connectivity index (χ3v) is 4.89. The van der Waals surface area contributed by atoms with Gasteiger partial charge in [-0.1, -0.05) is 24.3 Å². The van der Waals surface area contributed by atoms with Crippen LogP contribution in [0.25, 0.3) is 11.0 Å². The van der Waals surface area contributed by atoms with Crippen molar-refractivity contribution in [2.24, 2.45) is 7.05 Å². The lowest BCUT2D eigenvalue weighted by molar-refractivity contribution is 0.238. The number of carbonyl (C=O) groups is 1. The molecule has 0 fully saturated rings. The van der Waals surface area contributed by atoms with Gasteiger partial charge in [-0.25, -0.2) is 19.2 Å². The van der Waals surface area contributed by atoms with E-state index in [0.717, 1.165) is 29.7 Å². The summed E-state index contributed by atoms with van der Waals surface area (Å²) in [6.45, 7) is 0.485. The van der Waals surface area contributed by atoms with Crippen molar-refractivity contribution in [2.75, 3.05) is 6.54 Å². The Labute approximate surface area is 173 Å². The summed E-state index contributed by atoms with van der Waals surface area (Å²) < 4.78 is 15.5. The molecule has 30 heavy (non-hydrogen) atoms. The quantitative estimate of drug-likeness (QED) is 0.411. The third kappa shape index (κ3) is 4.48. The molecule has 0 radical (unpaired) electrons. The van der Waals surface area contributed by atoms with E-state index in [2.05, 4.69) is 25.6 Å². The predicted molar refractivity (Wildman–Crippen MR) is 112 cm³/mol. The Morgan fingerprint density at radius 3 is 2.87 bits per heavy atom. The number of nitrogens with zero attached hydrogens (tertiary/aromatic N) is 3. The van der Waals surface area contributed by atoms with Gasteiger partial charge in [0.2, 0.25) is 0 Å². The molecule has 3 N–H and O–H groups in total. The number of rotatable bonds is 7. The summed E-state index contributed by atoms with van der Waals surface area (Å²) in [7, 11) is 1.83. The van der Waals surface area contributed by atoms with Crippen LogP contribution in [0.2, 0.25) is 0 Å². The molecule has 8 heteroatoms. The van der Waals surface area contributed by atoms with Gasteiger partial charge in [-0.05, 0) is 36.2 Å². The summed E-state index contributed by atoms with van der Waals surface area (Å²) in [6, 6.07) is 13.1. The Bertz CT molecular complexity index is 1120. The van der Waals surface area contributed by atoms with Crippen molar-refractivity contribution in [3.63, 3.8) is 0 Å². The second-order valence-electron chi connectivity index (χ2n) is 7.09. The summed E-state index contributed by atoms with van der Waals surface area (Å²) in [6.07, 6.45) is 4.89. The fourth-order valence-corrected chi connectivity index (χ4v) is 3.40. The summed E-state index contributed by atoms with van der Waals surface area (Å²) in [4.78, 5) is 24.6. The van der Waals surface area contributed by atoms with Crippen molar-refractivity contribution in [3.05, 3.63) is 84.0 Å². The van der Waals surface area contributed by atoms with Crippen LogP contribution in [0.4, 0.5) is 9.18 Å². The maximum atomic E-state index is 13.7. The number of para-hydroxylation sites is 2. The minimum absolute atomic E-state index is 0.336. The number of fused-ring (bicyclic) bond motifs is 1. The summed E-state index contributed by atoms with van der Waals surface area (Å²) >= 11 is 0. The molecule has 0 aliphatic carbocycles. The van der Waals surface area contributed by atoms with Crippen LogP contribution in [-0.4, -0.2) is 32.1 Å². The Hall–Kier alpha value is -3.68. The van der Waals surface area contributed by atoms with Crippen LogP contribution in [0.15, 0.2) is 60.9 Å². The monoisotopic (exact) mass is 406 g/mol. The lowest BCUT2D eigenvalue weighted by Crippen LogP contribution is -2.39. The lowest BCUT2D eigenvalue weighted by atomic mass is 10.1. The van der Waals surface area contributed by atoms with Crippen molar-refractivity contribution >= 4 is 17.1 Å². The largest absolute Gasteiger partial charge is 0.342 e. The molecule has 7 nitrogen and oxygen atoms in total.